The second-order valence-corrected chi connectivity index (χ2v) is 3.12. The van der Waals surface area contributed by atoms with E-state index in [1.807, 2.05) is 38.1 Å². The van der Waals surface area contributed by atoms with Crippen LogP contribution < -0.4 is 5.73 Å². The highest BCUT2D eigenvalue weighted by atomic mass is 16.5. The van der Waals surface area contributed by atoms with Gasteiger partial charge in [-0.1, -0.05) is 17.7 Å². The fourth-order valence-corrected chi connectivity index (χ4v) is 1.04. The summed E-state index contributed by atoms with van der Waals surface area (Å²) in [7, 11) is 0. The van der Waals surface area contributed by atoms with Gasteiger partial charge in [-0.15, -0.1) is 0 Å². The van der Waals surface area contributed by atoms with Crippen LogP contribution in [0.5, 0.6) is 0 Å². The van der Waals surface area contributed by atoms with Crippen LogP contribution in [0, 0.1) is 6.92 Å². The number of hydrogen-bond acceptors (Lipinski definition) is 3. The molecule has 0 aliphatic rings. The molecule has 0 bridgehead atoms. The lowest BCUT2D eigenvalue weighted by molar-refractivity contribution is 0.227. The molecule has 15 heavy (non-hydrogen) atoms. The highest BCUT2D eigenvalue weighted by molar-refractivity contribution is 5.74. The van der Waals surface area contributed by atoms with E-state index in [0.29, 0.717) is 12.5 Å². The van der Waals surface area contributed by atoms with Gasteiger partial charge in [-0.2, -0.15) is 0 Å². The molecule has 0 saturated heterocycles. The maximum atomic E-state index is 5.52. The number of benzene rings is 1. The number of aliphatic imine (C=N–C) groups is 1. The van der Waals surface area contributed by atoms with Crippen LogP contribution in [0.4, 0.5) is 5.69 Å². The first-order valence-corrected chi connectivity index (χ1v) is 4.91. The predicted molar refractivity (Wildman–Crippen MR) is 63.2 cm³/mol. The molecule has 0 aromatic heterocycles. The Kier molecular flexibility index (Phi) is 4.41. The first kappa shape index (κ1) is 11.3. The largest absolute Gasteiger partial charge is 0.480 e. The summed E-state index contributed by atoms with van der Waals surface area (Å²) in [6, 6.07) is 7.94. The molecule has 0 amide bonds. The Bertz CT molecular complexity index is 352. The Morgan fingerprint density at radius 3 is 2.67 bits per heavy atom. The molecular weight excluding hydrogens is 188 g/mol. The lowest BCUT2D eigenvalue weighted by atomic mass is 10.2. The van der Waals surface area contributed by atoms with Crippen molar-refractivity contribution < 1.29 is 4.74 Å². The van der Waals surface area contributed by atoms with Crippen LogP contribution in [0.2, 0.25) is 0 Å². The Morgan fingerprint density at radius 2 is 2.07 bits per heavy atom. The van der Waals surface area contributed by atoms with Crippen LogP contribution >= 0.6 is 0 Å². The smallest absolute Gasteiger partial charge is 0.185 e. The molecule has 0 fully saturated rings. The maximum Gasteiger partial charge on any atom is 0.185 e. The second-order valence-electron chi connectivity index (χ2n) is 3.12. The van der Waals surface area contributed by atoms with E-state index in [1.54, 1.807) is 12.3 Å². The van der Waals surface area contributed by atoms with Crippen LogP contribution in [0.1, 0.15) is 12.5 Å². The van der Waals surface area contributed by atoms with Gasteiger partial charge in [0.15, 0.2) is 5.88 Å². The van der Waals surface area contributed by atoms with E-state index in [9.17, 15) is 0 Å². The molecule has 0 aliphatic heterocycles. The summed E-state index contributed by atoms with van der Waals surface area (Å²) in [5.74, 6) is 0.383. The normalized spacial score (nSPS) is 12.0. The van der Waals surface area contributed by atoms with E-state index in [4.69, 9.17) is 10.5 Å². The lowest BCUT2D eigenvalue weighted by Crippen LogP contribution is -2.02. The quantitative estimate of drug-likeness (QED) is 0.605. The van der Waals surface area contributed by atoms with Crippen LogP contribution in [-0.2, 0) is 4.74 Å². The second kappa shape index (κ2) is 5.86. The molecule has 0 spiro atoms. The van der Waals surface area contributed by atoms with Crippen LogP contribution in [0.15, 0.2) is 41.2 Å². The SMILES string of the molecule is CCOC(N)=CC=Nc1ccc(C)cc1. The molecule has 1 aromatic rings. The standard InChI is InChI=1S/C12H16N2O/c1-3-15-12(13)8-9-14-11-6-4-10(2)5-7-11/h4-9H,3,13H2,1-2H3. The van der Waals surface area contributed by atoms with E-state index in [2.05, 4.69) is 4.99 Å². The van der Waals surface area contributed by atoms with Crippen molar-refractivity contribution in [2.75, 3.05) is 6.61 Å². The Morgan fingerprint density at radius 1 is 1.40 bits per heavy atom. The van der Waals surface area contributed by atoms with Crippen molar-refractivity contribution in [3.05, 3.63) is 41.8 Å². The average molecular weight is 204 g/mol. The summed E-state index contributed by atoms with van der Waals surface area (Å²) < 4.78 is 5.05. The van der Waals surface area contributed by atoms with Crippen molar-refractivity contribution in [1.82, 2.24) is 0 Å². The highest BCUT2D eigenvalue weighted by Gasteiger charge is 1.87. The molecular formula is C12H16N2O. The number of allylic oxidation sites excluding steroid dienone is 1. The molecule has 80 valence electrons. The van der Waals surface area contributed by atoms with Gasteiger partial charge in [-0.25, -0.2) is 0 Å². The first-order valence-electron chi connectivity index (χ1n) is 4.91. The Labute approximate surface area is 90.3 Å². The van der Waals surface area contributed by atoms with Crippen molar-refractivity contribution >= 4 is 11.9 Å². The fourth-order valence-electron chi connectivity index (χ4n) is 1.04. The predicted octanol–water partition coefficient (Wildman–Crippen LogP) is 2.53. The first-order chi connectivity index (χ1) is 7.22. The zero-order chi connectivity index (χ0) is 11.1. The van der Waals surface area contributed by atoms with Gasteiger partial charge < -0.3 is 10.5 Å². The minimum atomic E-state index is 0.383. The third-order valence-corrected chi connectivity index (χ3v) is 1.81. The summed E-state index contributed by atoms with van der Waals surface area (Å²) in [6.07, 6.45) is 3.28. The molecule has 2 N–H and O–H groups in total. The highest BCUT2D eigenvalue weighted by Crippen LogP contribution is 2.11. The molecule has 0 unspecified atom stereocenters. The monoisotopic (exact) mass is 204 g/mol. The number of nitrogens with two attached hydrogens (primary N) is 1. The van der Waals surface area contributed by atoms with Gasteiger partial charge in [0, 0.05) is 12.3 Å². The van der Waals surface area contributed by atoms with Gasteiger partial charge >= 0.3 is 0 Å². The van der Waals surface area contributed by atoms with E-state index < -0.39 is 0 Å². The summed E-state index contributed by atoms with van der Waals surface area (Å²) in [5.41, 5.74) is 7.64. The van der Waals surface area contributed by atoms with Crippen molar-refractivity contribution in [3.8, 4) is 0 Å². The fraction of sp³-hybridized carbons (Fsp3) is 0.250. The Balaban J connectivity index is 2.58. The van der Waals surface area contributed by atoms with Crippen molar-refractivity contribution in [2.45, 2.75) is 13.8 Å². The molecule has 0 saturated carbocycles. The molecule has 0 heterocycles. The number of rotatable bonds is 4. The summed E-state index contributed by atoms with van der Waals surface area (Å²) >= 11 is 0. The zero-order valence-electron chi connectivity index (χ0n) is 9.10. The number of hydrogen-bond donors (Lipinski definition) is 1. The zero-order valence-corrected chi connectivity index (χ0v) is 9.10. The number of nitrogens with zero attached hydrogens (tertiary/aromatic N) is 1. The van der Waals surface area contributed by atoms with Gasteiger partial charge in [-0.3, -0.25) is 4.99 Å². The molecule has 0 atom stereocenters. The minimum Gasteiger partial charge on any atom is -0.480 e. The molecule has 3 heteroatoms. The van der Waals surface area contributed by atoms with Crippen molar-refractivity contribution in [2.24, 2.45) is 10.7 Å². The van der Waals surface area contributed by atoms with Gasteiger partial charge in [0.2, 0.25) is 0 Å². The van der Waals surface area contributed by atoms with E-state index in [1.165, 1.54) is 5.56 Å². The van der Waals surface area contributed by atoms with Gasteiger partial charge in [0.25, 0.3) is 0 Å². The van der Waals surface area contributed by atoms with Crippen molar-refractivity contribution in [3.63, 3.8) is 0 Å². The molecule has 1 aromatic carbocycles. The van der Waals surface area contributed by atoms with Crippen LogP contribution in [-0.4, -0.2) is 12.8 Å². The van der Waals surface area contributed by atoms with E-state index in [-0.39, 0.29) is 0 Å². The molecule has 0 radical (unpaired) electrons. The molecule has 3 nitrogen and oxygen atoms in total. The Hall–Kier alpha value is -1.77. The molecule has 0 aliphatic carbocycles. The third kappa shape index (κ3) is 4.31. The summed E-state index contributed by atoms with van der Waals surface area (Å²) in [4.78, 5) is 4.21. The maximum absolute atomic E-state index is 5.52. The average Bonchev–Trinajstić information content (AvgIpc) is 2.21. The van der Waals surface area contributed by atoms with Gasteiger partial charge in [0.05, 0.1) is 12.3 Å². The summed E-state index contributed by atoms with van der Waals surface area (Å²) in [6.45, 7) is 4.50. The van der Waals surface area contributed by atoms with Gasteiger partial charge in [0.1, 0.15) is 0 Å². The van der Waals surface area contributed by atoms with Crippen LogP contribution in [0.25, 0.3) is 0 Å². The summed E-state index contributed by atoms with van der Waals surface area (Å²) in [5, 5.41) is 0. The minimum absolute atomic E-state index is 0.383. The third-order valence-electron chi connectivity index (χ3n) is 1.81. The van der Waals surface area contributed by atoms with Crippen LogP contribution in [0.3, 0.4) is 0 Å². The van der Waals surface area contributed by atoms with E-state index in [0.717, 1.165) is 5.69 Å². The van der Waals surface area contributed by atoms with Gasteiger partial charge in [-0.05, 0) is 26.0 Å². The molecule has 1 rings (SSSR count). The van der Waals surface area contributed by atoms with Crippen molar-refractivity contribution in [1.29, 1.82) is 0 Å². The number of ether oxygens (including phenoxy) is 1. The topological polar surface area (TPSA) is 47.6 Å². The lowest BCUT2D eigenvalue weighted by Gasteiger charge is -1.99. The number of aryl methyl sites for hydroxylation is 1. The van der Waals surface area contributed by atoms with E-state index >= 15 is 0 Å².